The molecule has 1 aromatic rings. The molecule has 0 saturated heterocycles. The van der Waals surface area contributed by atoms with Gasteiger partial charge in [0.15, 0.2) is 0 Å². The van der Waals surface area contributed by atoms with Crippen molar-refractivity contribution in [2.24, 2.45) is 0 Å². The Kier molecular flexibility index (Phi) is 3.32. The van der Waals surface area contributed by atoms with Crippen LogP contribution >= 0.6 is 0 Å². The fourth-order valence-corrected chi connectivity index (χ4v) is 1.06. The van der Waals surface area contributed by atoms with Crippen molar-refractivity contribution in [3.63, 3.8) is 0 Å². The van der Waals surface area contributed by atoms with E-state index in [0.29, 0.717) is 11.8 Å². The summed E-state index contributed by atoms with van der Waals surface area (Å²) in [6.45, 7) is 0. The third-order valence-electron chi connectivity index (χ3n) is 1.82. The Balaban J connectivity index is 3.01. The molecule has 0 aromatic heterocycles. The molecule has 72 valence electrons. The summed E-state index contributed by atoms with van der Waals surface area (Å²) in [6.07, 6.45) is -0.462. The van der Waals surface area contributed by atoms with Crippen LogP contribution in [0.2, 0.25) is 0 Å². The number of hydrogen-bond donors (Lipinski definition) is 1. The van der Waals surface area contributed by atoms with E-state index < -0.39 is 11.9 Å². The summed E-state index contributed by atoms with van der Waals surface area (Å²) in [5.74, 6) is -0.630. The highest BCUT2D eigenvalue weighted by molar-refractivity contribution is 5.51. The first kappa shape index (κ1) is 10.4. The zero-order chi connectivity index (χ0) is 10.6. The Morgan fingerprint density at radius 2 is 2.36 bits per heavy atom. The predicted molar refractivity (Wildman–Crippen MR) is 46.8 cm³/mol. The second kappa shape index (κ2) is 4.49. The van der Waals surface area contributed by atoms with Crippen LogP contribution in [0, 0.1) is 17.1 Å². The Labute approximate surface area is 80.4 Å². The zero-order valence-electron chi connectivity index (χ0n) is 7.27. The number of aliphatic hydroxyl groups excluding tert-OH is 1. The van der Waals surface area contributed by atoms with Crippen molar-refractivity contribution >= 4 is 6.29 Å². The van der Waals surface area contributed by atoms with Crippen LogP contribution in [0.25, 0.3) is 0 Å². The fraction of sp³-hybridized carbons (Fsp3) is 0.200. The van der Waals surface area contributed by atoms with Crippen LogP contribution in [0.5, 0.6) is 0 Å². The molecule has 4 heteroatoms. The van der Waals surface area contributed by atoms with Crippen LogP contribution in [0.1, 0.15) is 23.7 Å². The monoisotopic (exact) mass is 193 g/mol. The van der Waals surface area contributed by atoms with Gasteiger partial charge < -0.3 is 9.90 Å². The molecule has 0 spiro atoms. The molecule has 1 atom stereocenters. The van der Waals surface area contributed by atoms with E-state index >= 15 is 0 Å². The highest BCUT2D eigenvalue weighted by Gasteiger charge is 2.09. The summed E-state index contributed by atoms with van der Waals surface area (Å²) in [7, 11) is 0. The molecule has 0 amide bonds. The second-order valence-electron chi connectivity index (χ2n) is 2.77. The first-order valence-corrected chi connectivity index (χ1v) is 4.00. The Morgan fingerprint density at radius 3 is 2.93 bits per heavy atom. The number of aldehydes is 1. The lowest BCUT2D eigenvalue weighted by Crippen LogP contribution is -1.99. The molecule has 1 unspecified atom stereocenters. The van der Waals surface area contributed by atoms with Crippen molar-refractivity contribution in [1.29, 1.82) is 5.26 Å². The number of carbonyl (C=O) groups excluding carboxylic acids is 1. The molecular formula is C10H8FNO2. The predicted octanol–water partition coefficient (Wildman–Crippen LogP) is 1.32. The van der Waals surface area contributed by atoms with E-state index in [2.05, 4.69) is 0 Å². The lowest BCUT2D eigenvalue weighted by Gasteiger charge is -2.07. The average Bonchev–Trinajstić information content (AvgIpc) is 2.19. The molecule has 1 rings (SSSR count). The molecule has 0 aliphatic carbocycles. The fourth-order valence-electron chi connectivity index (χ4n) is 1.06. The van der Waals surface area contributed by atoms with Gasteiger partial charge in [-0.1, -0.05) is 6.07 Å². The minimum absolute atomic E-state index is 0.0590. The number of nitrogens with zero attached hydrogens (tertiary/aromatic N) is 1. The van der Waals surface area contributed by atoms with Crippen molar-refractivity contribution in [2.75, 3.05) is 0 Å². The number of hydrogen-bond acceptors (Lipinski definition) is 3. The molecule has 1 N–H and O–H groups in total. The number of rotatable bonds is 3. The van der Waals surface area contributed by atoms with Gasteiger partial charge in [-0.15, -0.1) is 0 Å². The van der Waals surface area contributed by atoms with Crippen molar-refractivity contribution in [3.05, 3.63) is 35.1 Å². The van der Waals surface area contributed by atoms with E-state index in [1.807, 2.05) is 0 Å². The standard InChI is InChI=1S/C10H8FNO2/c11-9-2-1-7(5-8(9)6-12)10(14)3-4-13/h1-2,4-5,10,14H,3H2. The summed E-state index contributed by atoms with van der Waals surface area (Å²) in [5.41, 5.74) is 0.238. The summed E-state index contributed by atoms with van der Waals surface area (Å²) in [6, 6.07) is 5.35. The van der Waals surface area contributed by atoms with E-state index in [4.69, 9.17) is 5.26 Å². The van der Waals surface area contributed by atoms with Crippen molar-refractivity contribution in [1.82, 2.24) is 0 Å². The van der Waals surface area contributed by atoms with Gasteiger partial charge in [-0.3, -0.25) is 0 Å². The first-order chi connectivity index (χ1) is 6.69. The smallest absolute Gasteiger partial charge is 0.140 e. The van der Waals surface area contributed by atoms with Crippen molar-refractivity contribution < 1.29 is 14.3 Å². The van der Waals surface area contributed by atoms with Crippen LogP contribution in [-0.2, 0) is 4.79 Å². The van der Waals surface area contributed by atoms with Gasteiger partial charge in [0.05, 0.1) is 11.7 Å². The Bertz CT molecular complexity index is 384. The third-order valence-corrected chi connectivity index (χ3v) is 1.82. The zero-order valence-corrected chi connectivity index (χ0v) is 7.27. The second-order valence-corrected chi connectivity index (χ2v) is 2.77. The normalized spacial score (nSPS) is 11.8. The lowest BCUT2D eigenvalue weighted by atomic mass is 10.0. The molecule has 1 aromatic carbocycles. The van der Waals surface area contributed by atoms with Crippen LogP contribution in [-0.4, -0.2) is 11.4 Å². The van der Waals surface area contributed by atoms with Crippen LogP contribution < -0.4 is 0 Å². The van der Waals surface area contributed by atoms with Gasteiger partial charge >= 0.3 is 0 Å². The average molecular weight is 193 g/mol. The maximum absolute atomic E-state index is 12.8. The number of benzene rings is 1. The van der Waals surface area contributed by atoms with Gasteiger partial charge in [-0.2, -0.15) is 5.26 Å². The number of halogens is 1. The van der Waals surface area contributed by atoms with Gasteiger partial charge in [0.2, 0.25) is 0 Å². The minimum Gasteiger partial charge on any atom is -0.388 e. The van der Waals surface area contributed by atoms with Crippen molar-refractivity contribution in [3.8, 4) is 6.07 Å². The molecule has 0 aliphatic heterocycles. The molecule has 0 radical (unpaired) electrons. The molecule has 0 heterocycles. The number of aliphatic hydroxyl groups is 1. The lowest BCUT2D eigenvalue weighted by molar-refractivity contribution is -0.109. The summed E-state index contributed by atoms with van der Waals surface area (Å²) >= 11 is 0. The van der Waals surface area contributed by atoms with Crippen molar-refractivity contribution in [2.45, 2.75) is 12.5 Å². The number of nitriles is 1. The van der Waals surface area contributed by atoms with Gasteiger partial charge in [0.1, 0.15) is 18.2 Å². The first-order valence-electron chi connectivity index (χ1n) is 4.00. The van der Waals surface area contributed by atoms with E-state index in [-0.39, 0.29) is 12.0 Å². The van der Waals surface area contributed by atoms with Gasteiger partial charge in [-0.05, 0) is 17.7 Å². The minimum atomic E-state index is -0.972. The molecule has 3 nitrogen and oxygen atoms in total. The van der Waals surface area contributed by atoms with Gasteiger partial charge in [0, 0.05) is 6.42 Å². The van der Waals surface area contributed by atoms with Gasteiger partial charge in [0.25, 0.3) is 0 Å². The summed E-state index contributed by atoms with van der Waals surface area (Å²) < 4.78 is 12.8. The van der Waals surface area contributed by atoms with Crippen LogP contribution in [0.15, 0.2) is 18.2 Å². The molecule has 0 aliphatic rings. The third kappa shape index (κ3) is 2.15. The SMILES string of the molecule is N#Cc1cc(C(O)CC=O)ccc1F. The highest BCUT2D eigenvalue weighted by atomic mass is 19.1. The Hall–Kier alpha value is -1.73. The van der Waals surface area contributed by atoms with E-state index in [9.17, 15) is 14.3 Å². The van der Waals surface area contributed by atoms with E-state index in [0.717, 1.165) is 6.07 Å². The summed E-state index contributed by atoms with van der Waals surface area (Å²) in [4.78, 5) is 10.1. The maximum atomic E-state index is 12.8. The largest absolute Gasteiger partial charge is 0.388 e. The molecule has 14 heavy (non-hydrogen) atoms. The highest BCUT2D eigenvalue weighted by Crippen LogP contribution is 2.18. The molecule has 0 bridgehead atoms. The maximum Gasteiger partial charge on any atom is 0.140 e. The quantitative estimate of drug-likeness (QED) is 0.736. The van der Waals surface area contributed by atoms with E-state index in [1.165, 1.54) is 12.1 Å². The molecular weight excluding hydrogens is 185 g/mol. The summed E-state index contributed by atoms with van der Waals surface area (Å²) in [5, 5.41) is 17.9. The van der Waals surface area contributed by atoms with Gasteiger partial charge in [-0.25, -0.2) is 4.39 Å². The van der Waals surface area contributed by atoms with Crippen LogP contribution in [0.3, 0.4) is 0 Å². The van der Waals surface area contributed by atoms with E-state index in [1.54, 1.807) is 6.07 Å². The topological polar surface area (TPSA) is 61.1 Å². The molecule has 0 fully saturated rings. The number of carbonyl (C=O) groups is 1. The van der Waals surface area contributed by atoms with Crippen LogP contribution in [0.4, 0.5) is 4.39 Å². The molecule has 0 saturated carbocycles. The Morgan fingerprint density at radius 1 is 1.64 bits per heavy atom.